The molecule has 146 valence electrons. The van der Waals surface area contributed by atoms with E-state index in [9.17, 15) is 4.79 Å². The minimum Gasteiger partial charge on any atom is -0.496 e. The lowest BCUT2D eigenvalue weighted by Gasteiger charge is -2.09. The van der Waals surface area contributed by atoms with Crippen LogP contribution >= 0.6 is 11.8 Å². The zero-order valence-electron chi connectivity index (χ0n) is 15.6. The standard InChI is InChI=1S/C20H18N6O2S/c1-28-17-5-3-2-4-15(17)12-22-19(27)13-29-20-24-23-18-7-6-16(25-26(18)20)14-8-10-21-11-9-14/h2-11H,12-13H2,1H3,(H,22,27). The maximum atomic E-state index is 12.3. The van der Waals surface area contributed by atoms with Crippen LogP contribution in [0.2, 0.25) is 0 Å². The molecule has 8 nitrogen and oxygen atoms in total. The highest BCUT2D eigenvalue weighted by Crippen LogP contribution is 2.20. The van der Waals surface area contributed by atoms with E-state index >= 15 is 0 Å². The monoisotopic (exact) mass is 406 g/mol. The van der Waals surface area contributed by atoms with Gasteiger partial charge in [0.2, 0.25) is 11.1 Å². The highest BCUT2D eigenvalue weighted by atomic mass is 32.2. The van der Waals surface area contributed by atoms with E-state index in [1.165, 1.54) is 11.8 Å². The molecular formula is C20H18N6O2S. The molecule has 1 amide bonds. The Bertz CT molecular complexity index is 1130. The van der Waals surface area contributed by atoms with Crippen LogP contribution in [0.15, 0.2) is 66.1 Å². The van der Waals surface area contributed by atoms with Gasteiger partial charge in [0.15, 0.2) is 5.65 Å². The minimum atomic E-state index is -0.108. The molecule has 1 N–H and O–H groups in total. The fourth-order valence-corrected chi connectivity index (χ4v) is 3.48. The molecule has 0 saturated heterocycles. The number of carbonyl (C=O) groups excluding carboxylic acids is 1. The molecule has 9 heteroatoms. The summed E-state index contributed by atoms with van der Waals surface area (Å²) in [6, 6.07) is 15.1. The first-order valence-corrected chi connectivity index (χ1v) is 9.87. The van der Waals surface area contributed by atoms with Crippen molar-refractivity contribution in [3.63, 3.8) is 0 Å². The molecule has 0 aliphatic carbocycles. The largest absolute Gasteiger partial charge is 0.496 e. The van der Waals surface area contributed by atoms with E-state index in [2.05, 4.69) is 25.6 Å². The summed E-state index contributed by atoms with van der Waals surface area (Å²) in [5, 5.41) is 16.3. The van der Waals surface area contributed by atoms with Crippen molar-refractivity contribution in [1.82, 2.24) is 30.1 Å². The molecule has 29 heavy (non-hydrogen) atoms. The average molecular weight is 406 g/mol. The van der Waals surface area contributed by atoms with Gasteiger partial charge in [-0.25, -0.2) is 0 Å². The Balaban J connectivity index is 1.42. The molecule has 0 unspecified atom stereocenters. The number of thioether (sulfide) groups is 1. The first-order valence-electron chi connectivity index (χ1n) is 8.89. The molecule has 0 saturated carbocycles. The SMILES string of the molecule is COc1ccccc1CNC(=O)CSc1nnc2ccc(-c3ccncc3)nn12. The van der Waals surface area contributed by atoms with Gasteiger partial charge in [-0.15, -0.1) is 10.2 Å². The Morgan fingerprint density at radius 1 is 1.10 bits per heavy atom. The second-order valence-electron chi connectivity index (χ2n) is 6.08. The molecule has 0 aliphatic rings. The number of nitrogens with zero attached hydrogens (tertiary/aromatic N) is 5. The topological polar surface area (TPSA) is 94.3 Å². The summed E-state index contributed by atoms with van der Waals surface area (Å²) in [6.07, 6.45) is 3.43. The number of methoxy groups -OCH3 is 1. The molecular weight excluding hydrogens is 388 g/mol. The van der Waals surface area contributed by atoms with E-state index in [0.29, 0.717) is 17.3 Å². The average Bonchev–Trinajstić information content (AvgIpc) is 3.19. The van der Waals surface area contributed by atoms with Gasteiger partial charge >= 0.3 is 0 Å². The molecule has 3 aromatic heterocycles. The maximum Gasteiger partial charge on any atom is 0.230 e. The Morgan fingerprint density at radius 2 is 1.93 bits per heavy atom. The van der Waals surface area contributed by atoms with E-state index in [0.717, 1.165) is 22.6 Å². The van der Waals surface area contributed by atoms with E-state index in [4.69, 9.17) is 4.74 Å². The second kappa shape index (κ2) is 8.70. The molecule has 3 heterocycles. The van der Waals surface area contributed by atoms with Crippen molar-refractivity contribution in [3.05, 3.63) is 66.5 Å². The lowest BCUT2D eigenvalue weighted by Crippen LogP contribution is -2.24. The molecule has 0 fully saturated rings. The van der Waals surface area contributed by atoms with E-state index in [1.807, 2.05) is 48.5 Å². The summed E-state index contributed by atoms with van der Waals surface area (Å²) in [5.41, 5.74) is 3.27. The number of aromatic nitrogens is 5. The predicted octanol–water partition coefficient (Wildman–Crippen LogP) is 2.60. The van der Waals surface area contributed by atoms with Crippen molar-refractivity contribution in [2.75, 3.05) is 12.9 Å². The van der Waals surface area contributed by atoms with E-state index in [-0.39, 0.29) is 11.7 Å². The predicted molar refractivity (Wildman–Crippen MR) is 110 cm³/mol. The van der Waals surface area contributed by atoms with Gasteiger partial charge in [0.05, 0.1) is 18.6 Å². The third-order valence-electron chi connectivity index (χ3n) is 4.21. The fourth-order valence-electron chi connectivity index (χ4n) is 2.76. The summed E-state index contributed by atoms with van der Waals surface area (Å²) in [4.78, 5) is 16.3. The van der Waals surface area contributed by atoms with Crippen LogP contribution in [0.1, 0.15) is 5.56 Å². The third-order valence-corrected chi connectivity index (χ3v) is 5.13. The van der Waals surface area contributed by atoms with Crippen LogP contribution in [0.4, 0.5) is 0 Å². The number of benzene rings is 1. The van der Waals surface area contributed by atoms with Crippen LogP contribution in [0.3, 0.4) is 0 Å². The van der Waals surface area contributed by atoms with Gasteiger partial charge in [0, 0.05) is 30.1 Å². The molecule has 0 bridgehead atoms. The maximum absolute atomic E-state index is 12.3. The number of amides is 1. The fraction of sp³-hybridized carbons (Fsp3) is 0.150. The van der Waals surface area contributed by atoms with Crippen molar-refractivity contribution in [2.45, 2.75) is 11.7 Å². The Hall–Kier alpha value is -3.46. The van der Waals surface area contributed by atoms with Crippen molar-refractivity contribution < 1.29 is 9.53 Å². The first-order chi connectivity index (χ1) is 14.2. The van der Waals surface area contributed by atoms with Crippen LogP contribution in [-0.4, -0.2) is 43.6 Å². The van der Waals surface area contributed by atoms with Crippen LogP contribution in [0.5, 0.6) is 5.75 Å². The highest BCUT2D eigenvalue weighted by molar-refractivity contribution is 7.99. The third kappa shape index (κ3) is 4.35. The molecule has 0 atom stereocenters. The van der Waals surface area contributed by atoms with E-state index < -0.39 is 0 Å². The Labute approximate surface area is 171 Å². The lowest BCUT2D eigenvalue weighted by molar-refractivity contribution is -0.118. The normalized spacial score (nSPS) is 10.8. The molecule has 0 radical (unpaired) electrons. The number of carbonyl (C=O) groups is 1. The van der Waals surface area contributed by atoms with Crippen molar-refractivity contribution >= 4 is 23.3 Å². The number of fused-ring (bicyclic) bond motifs is 1. The van der Waals surface area contributed by atoms with Gasteiger partial charge < -0.3 is 10.1 Å². The van der Waals surface area contributed by atoms with Crippen molar-refractivity contribution in [1.29, 1.82) is 0 Å². The smallest absolute Gasteiger partial charge is 0.230 e. The van der Waals surface area contributed by atoms with Gasteiger partial charge in [0.1, 0.15) is 5.75 Å². The lowest BCUT2D eigenvalue weighted by atomic mass is 10.2. The Kier molecular flexibility index (Phi) is 5.66. The number of pyridine rings is 1. The summed E-state index contributed by atoms with van der Waals surface area (Å²) in [5.74, 6) is 0.844. The zero-order valence-corrected chi connectivity index (χ0v) is 16.5. The quantitative estimate of drug-likeness (QED) is 0.472. The van der Waals surface area contributed by atoms with Crippen LogP contribution in [0, 0.1) is 0 Å². The zero-order chi connectivity index (χ0) is 20.1. The molecule has 1 aromatic carbocycles. The summed E-state index contributed by atoms with van der Waals surface area (Å²) < 4.78 is 6.95. The number of rotatable bonds is 7. The summed E-state index contributed by atoms with van der Waals surface area (Å²) >= 11 is 1.28. The Morgan fingerprint density at radius 3 is 2.76 bits per heavy atom. The number of para-hydroxylation sites is 1. The number of hydrogen-bond acceptors (Lipinski definition) is 7. The molecule has 0 aliphatic heterocycles. The van der Waals surface area contributed by atoms with Crippen LogP contribution in [0.25, 0.3) is 16.9 Å². The number of ether oxygens (including phenoxy) is 1. The van der Waals surface area contributed by atoms with Gasteiger partial charge in [-0.05, 0) is 30.3 Å². The van der Waals surface area contributed by atoms with Gasteiger partial charge in [-0.1, -0.05) is 30.0 Å². The highest BCUT2D eigenvalue weighted by Gasteiger charge is 2.12. The summed E-state index contributed by atoms with van der Waals surface area (Å²) in [6.45, 7) is 0.397. The van der Waals surface area contributed by atoms with Gasteiger partial charge in [-0.3, -0.25) is 9.78 Å². The summed E-state index contributed by atoms with van der Waals surface area (Å²) in [7, 11) is 1.61. The number of hydrogen-bond donors (Lipinski definition) is 1. The first kappa shape index (κ1) is 18.9. The molecule has 0 spiro atoms. The van der Waals surface area contributed by atoms with Gasteiger partial charge in [-0.2, -0.15) is 9.61 Å². The van der Waals surface area contributed by atoms with Crippen LogP contribution < -0.4 is 10.1 Å². The van der Waals surface area contributed by atoms with E-state index in [1.54, 1.807) is 24.0 Å². The van der Waals surface area contributed by atoms with Crippen LogP contribution in [-0.2, 0) is 11.3 Å². The molecule has 4 rings (SSSR count). The van der Waals surface area contributed by atoms with Crippen molar-refractivity contribution in [3.8, 4) is 17.0 Å². The van der Waals surface area contributed by atoms with Crippen molar-refractivity contribution in [2.24, 2.45) is 0 Å². The number of nitrogens with one attached hydrogen (secondary N) is 1. The minimum absolute atomic E-state index is 0.108. The van der Waals surface area contributed by atoms with Gasteiger partial charge in [0.25, 0.3) is 0 Å². The second-order valence-corrected chi connectivity index (χ2v) is 7.03. The molecule has 4 aromatic rings.